The number of Topliss-reactive ketones (excluding diaryl/α,β-unsaturated/α-hetero) is 1. The molecule has 2 aromatic carbocycles. The van der Waals surface area contributed by atoms with E-state index in [1.54, 1.807) is 50.5 Å². The van der Waals surface area contributed by atoms with E-state index >= 15 is 0 Å². The van der Waals surface area contributed by atoms with E-state index < -0.39 is 18.1 Å². The minimum Gasteiger partial charge on any atom is -0.481 e. The number of aromatic nitrogens is 2. The summed E-state index contributed by atoms with van der Waals surface area (Å²) < 4.78 is 5.02. The van der Waals surface area contributed by atoms with Crippen LogP contribution in [0.15, 0.2) is 48.7 Å². The van der Waals surface area contributed by atoms with Crippen molar-refractivity contribution in [1.82, 2.24) is 14.9 Å². The normalized spacial score (nSPS) is 10.5. The molecule has 1 heterocycles. The van der Waals surface area contributed by atoms with Crippen LogP contribution >= 0.6 is 23.2 Å². The molecule has 2 N–H and O–H groups in total. The summed E-state index contributed by atoms with van der Waals surface area (Å²) in [6.07, 6.45) is 0.853. The lowest BCUT2D eigenvalue weighted by Crippen LogP contribution is -2.32. The topological polar surface area (TPSA) is 119 Å². The lowest BCUT2D eigenvalue weighted by atomic mass is 10.1. The molecule has 0 saturated carbocycles. The molecule has 0 fully saturated rings. The Morgan fingerprint density at radius 2 is 1.74 bits per heavy atom. The van der Waals surface area contributed by atoms with Crippen molar-refractivity contribution in [3.8, 4) is 5.88 Å². The molecule has 11 heteroatoms. The maximum atomic E-state index is 13.4. The maximum absolute atomic E-state index is 13.4. The van der Waals surface area contributed by atoms with Gasteiger partial charge in [-0.1, -0.05) is 29.3 Å². The van der Waals surface area contributed by atoms with E-state index in [4.69, 9.17) is 33.7 Å². The third kappa shape index (κ3) is 6.26. The van der Waals surface area contributed by atoms with E-state index in [9.17, 15) is 14.4 Å². The molecule has 3 rings (SSSR count). The van der Waals surface area contributed by atoms with Gasteiger partial charge in [0.2, 0.25) is 17.6 Å². The van der Waals surface area contributed by atoms with Gasteiger partial charge in [0, 0.05) is 37.6 Å². The predicted octanol–water partition coefficient (Wildman–Crippen LogP) is 3.88. The number of carbonyl (C=O) groups excluding carboxylic acids is 3. The number of nitrogens with two attached hydrogens (primary N) is 1. The second-order valence-electron chi connectivity index (χ2n) is 7.73. The lowest BCUT2D eigenvalue weighted by molar-refractivity contribution is -0.117. The number of anilines is 2. The second-order valence-corrected chi connectivity index (χ2v) is 8.54. The first-order valence-electron chi connectivity index (χ1n) is 10.4. The Balaban J connectivity index is 1.97. The van der Waals surface area contributed by atoms with Crippen LogP contribution in [0.25, 0.3) is 0 Å². The van der Waals surface area contributed by atoms with Crippen molar-refractivity contribution in [2.45, 2.75) is 13.0 Å². The molecular weight excluding hydrogens is 493 g/mol. The highest BCUT2D eigenvalue weighted by Crippen LogP contribution is 2.30. The maximum Gasteiger partial charge on any atom is 0.253 e. The SMILES string of the molecule is COc1ccnc(C(=O)CC(=O)N(Cc2cc(Cl)c(N)c(Cl)c2)c2cccc(C(=O)N(C)C)c2)n1. The zero-order valence-corrected chi connectivity index (χ0v) is 20.8. The summed E-state index contributed by atoms with van der Waals surface area (Å²) >= 11 is 12.4. The Morgan fingerprint density at radius 1 is 1.06 bits per heavy atom. The van der Waals surface area contributed by atoms with Gasteiger partial charge < -0.3 is 20.3 Å². The summed E-state index contributed by atoms with van der Waals surface area (Å²) in [5.41, 5.74) is 7.42. The molecular formula is C24H23Cl2N5O4. The Labute approximate surface area is 212 Å². The second kappa shape index (κ2) is 11.2. The molecule has 0 saturated heterocycles. The van der Waals surface area contributed by atoms with Crippen LogP contribution in [0, 0.1) is 0 Å². The molecule has 0 unspecified atom stereocenters. The Morgan fingerprint density at radius 3 is 2.37 bits per heavy atom. The number of benzene rings is 2. The van der Waals surface area contributed by atoms with Crippen LogP contribution in [0.1, 0.15) is 33.0 Å². The summed E-state index contributed by atoms with van der Waals surface area (Å²) in [5, 5.41) is 0.467. The lowest BCUT2D eigenvalue weighted by Gasteiger charge is -2.24. The number of rotatable bonds is 8. The van der Waals surface area contributed by atoms with Gasteiger partial charge in [-0.05, 0) is 35.9 Å². The van der Waals surface area contributed by atoms with Gasteiger partial charge in [-0.15, -0.1) is 0 Å². The number of ketones is 1. The first-order valence-corrected chi connectivity index (χ1v) is 11.1. The van der Waals surface area contributed by atoms with Crippen LogP contribution in [-0.2, 0) is 11.3 Å². The number of hydrogen-bond donors (Lipinski definition) is 1. The van der Waals surface area contributed by atoms with Gasteiger partial charge in [-0.2, -0.15) is 4.98 Å². The number of carbonyl (C=O) groups is 3. The average molecular weight is 516 g/mol. The average Bonchev–Trinajstić information content (AvgIpc) is 2.85. The standard InChI is InChI=1S/C24H23Cl2N5O4/c1-30(2)24(34)15-5-4-6-16(11-15)31(13-14-9-17(25)22(27)18(26)10-14)21(33)12-19(32)23-28-8-7-20(29-23)35-3/h4-11H,12-13,27H2,1-3H3. The number of nitrogens with zero attached hydrogens (tertiary/aromatic N) is 4. The van der Waals surface area contributed by atoms with E-state index in [0.29, 0.717) is 16.8 Å². The number of ether oxygens (including phenoxy) is 1. The molecule has 0 spiro atoms. The summed E-state index contributed by atoms with van der Waals surface area (Å²) in [7, 11) is 4.67. The zero-order chi connectivity index (χ0) is 25.7. The van der Waals surface area contributed by atoms with E-state index in [1.165, 1.54) is 29.2 Å². The molecule has 1 aromatic heterocycles. The highest BCUT2D eigenvalue weighted by Gasteiger charge is 2.23. The van der Waals surface area contributed by atoms with Crippen LogP contribution in [0.4, 0.5) is 11.4 Å². The molecule has 0 aliphatic carbocycles. The Hall–Kier alpha value is -3.69. The van der Waals surface area contributed by atoms with Gasteiger partial charge in [0.15, 0.2) is 5.82 Å². The fourth-order valence-electron chi connectivity index (χ4n) is 3.20. The van der Waals surface area contributed by atoms with E-state index in [1.807, 2.05) is 0 Å². The number of amides is 2. The van der Waals surface area contributed by atoms with Gasteiger partial charge >= 0.3 is 0 Å². The first kappa shape index (κ1) is 25.9. The van der Waals surface area contributed by atoms with Crippen molar-refractivity contribution in [3.63, 3.8) is 0 Å². The molecule has 3 aromatic rings. The summed E-state index contributed by atoms with van der Waals surface area (Å²) in [4.78, 5) is 49.4. The third-order valence-electron chi connectivity index (χ3n) is 4.99. The molecule has 35 heavy (non-hydrogen) atoms. The molecule has 182 valence electrons. The van der Waals surface area contributed by atoms with Crippen LogP contribution in [0.3, 0.4) is 0 Å². The molecule has 0 aliphatic heterocycles. The van der Waals surface area contributed by atoms with Gasteiger partial charge in [0.1, 0.15) is 0 Å². The minimum absolute atomic E-state index is 0.0183. The van der Waals surface area contributed by atoms with Gasteiger partial charge in [-0.25, -0.2) is 4.98 Å². The predicted molar refractivity (Wildman–Crippen MR) is 134 cm³/mol. The van der Waals surface area contributed by atoms with E-state index in [0.717, 1.165) is 0 Å². The highest BCUT2D eigenvalue weighted by atomic mass is 35.5. The summed E-state index contributed by atoms with van der Waals surface area (Å²) in [6, 6.07) is 11.2. The van der Waals surface area contributed by atoms with Crippen LogP contribution in [0.5, 0.6) is 5.88 Å². The van der Waals surface area contributed by atoms with Gasteiger partial charge in [0.05, 0.1) is 35.8 Å². The molecule has 0 atom stereocenters. The molecule has 0 radical (unpaired) electrons. The van der Waals surface area contributed by atoms with E-state index in [2.05, 4.69) is 9.97 Å². The number of hydrogen-bond acceptors (Lipinski definition) is 7. The molecule has 9 nitrogen and oxygen atoms in total. The minimum atomic E-state index is -0.590. The number of methoxy groups -OCH3 is 1. The van der Waals surface area contributed by atoms with Crippen molar-refractivity contribution in [2.24, 2.45) is 0 Å². The molecule has 2 amide bonds. The van der Waals surface area contributed by atoms with Crippen LogP contribution in [-0.4, -0.2) is 53.7 Å². The van der Waals surface area contributed by atoms with Crippen molar-refractivity contribution >= 4 is 52.2 Å². The van der Waals surface area contributed by atoms with Crippen LogP contribution in [0.2, 0.25) is 10.0 Å². The molecule has 0 bridgehead atoms. The Bertz CT molecular complexity index is 1260. The smallest absolute Gasteiger partial charge is 0.253 e. The first-order chi connectivity index (χ1) is 16.6. The van der Waals surface area contributed by atoms with E-state index in [-0.39, 0.29) is 39.9 Å². The largest absolute Gasteiger partial charge is 0.481 e. The summed E-state index contributed by atoms with van der Waals surface area (Å²) in [6.45, 7) is 0.0183. The van der Waals surface area contributed by atoms with Gasteiger partial charge in [0.25, 0.3) is 5.91 Å². The van der Waals surface area contributed by atoms with Crippen molar-refractivity contribution in [1.29, 1.82) is 0 Å². The Kier molecular flexibility index (Phi) is 8.26. The van der Waals surface area contributed by atoms with Crippen LogP contribution < -0.4 is 15.4 Å². The quantitative estimate of drug-likeness (QED) is 0.274. The number of nitrogen functional groups attached to an aromatic ring is 1. The van der Waals surface area contributed by atoms with Crippen molar-refractivity contribution in [3.05, 3.63) is 75.7 Å². The highest BCUT2D eigenvalue weighted by molar-refractivity contribution is 6.38. The van der Waals surface area contributed by atoms with Crippen molar-refractivity contribution in [2.75, 3.05) is 31.8 Å². The summed E-state index contributed by atoms with van der Waals surface area (Å²) in [5.74, 6) is -1.31. The monoisotopic (exact) mass is 515 g/mol. The fraction of sp³-hybridized carbons (Fsp3) is 0.208. The zero-order valence-electron chi connectivity index (χ0n) is 19.3. The number of halogens is 2. The van der Waals surface area contributed by atoms with Gasteiger partial charge in [-0.3, -0.25) is 14.4 Å². The van der Waals surface area contributed by atoms with Crippen molar-refractivity contribution < 1.29 is 19.1 Å². The fourth-order valence-corrected chi connectivity index (χ4v) is 3.73. The molecule has 0 aliphatic rings. The third-order valence-corrected chi connectivity index (χ3v) is 5.62.